The van der Waals surface area contributed by atoms with Gasteiger partial charge in [-0.3, -0.25) is 4.99 Å². The second kappa shape index (κ2) is 3.76. The van der Waals surface area contributed by atoms with Crippen LogP contribution in [-0.2, 0) is 0 Å². The van der Waals surface area contributed by atoms with Crippen LogP contribution < -0.4 is 5.32 Å². The summed E-state index contributed by atoms with van der Waals surface area (Å²) >= 11 is 1.96. The third kappa shape index (κ3) is 2.44. The van der Waals surface area contributed by atoms with E-state index in [1.54, 1.807) is 0 Å². The van der Waals surface area contributed by atoms with Gasteiger partial charge in [0.25, 0.3) is 0 Å². The van der Waals surface area contributed by atoms with Crippen molar-refractivity contribution in [3.8, 4) is 0 Å². The summed E-state index contributed by atoms with van der Waals surface area (Å²) in [6.45, 7) is 7.60. The van der Waals surface area contributed by atoms with E-state index in [9.17, 15) is 0 Å². The molecule has 0 amide bonds. The van der Waals surface area contributed by atoms with E-state index in [4.69, 9.17) is 0 Å². The van der Waals surface area contributed by atoms with Gasteiger partial charge in [-0.15, -0.1) is 0 Å². The first-order chi connectivity index (χ1) is 6.54. The molecule has 80 valence electrons. The fourth-order valence-electron chi connectivity index (χ4n) is 1.84. The minimum atomic E-state index is 0.153. The van der Waals surface area contributed by atoms with E-state index < -0.39 is 0 Å². The van der Waals surface area contributed by atoms with Gasteiger partial charge in [0.1, 0.15) is 0 Å². The van der Waals surface area contributed by atoms with Crippen molar-refractivity contribution in [2.24, 2.45) is 10.9 Å². The zero-order chi connectivity index (χ0) is 10.2. The van der Waals surface area contributed by atoms with Gasteiger partial charge in [0.05, 0.1) is 6.54 Å². The summed E-state index contributed by atoms with van der Waals surface area (Å²) in [6, 6.07) is 0. The maximum atomic E-state index is 4.57. The first-order valence-electron chi connectivity index (χ1n) is 5.54. The second-order valence-electron chi connectivity index (χ2n) is 5.37. The molecule has 0 bridgehead atoms. The summed E-state index contributed by atoms with van der Waals surface area (Å²) in [4.78, 5) is 4.57. The molecule has 0 radical (unpaired) electrons. The Morgan fingerprint density at radius 2 is 2.07 bits per heavy atom. The molecule has 2 rings (SSSR count). The highest BCUT2D eigenvalue weighted by Crippen LogP contribution is 2.38. The Morgan fingerprint density at radius 3 is 2.57 bits per heavy atom. The van der Waals surface area contributed by atoms with Crippen molar-refractivity contribution in [3.05, 3.63) is 0 Å². The Kier molecular flexibility index (Phi) is 2.78. The van der Waals surface area contributed by atoms with Crippen LogP contribution in [0.4, 0.5) is 0 Å². The largest absolute Gasteiger partial charge is 0.360 e. The lowest BCUT2D eigenvalue weighted by atomic mass is 9.83. The van der Waals surface area contributed by atoms with Crippen LogP contribution in [0.25, 0.3) is 0 Å². The summed E-state index contributed by atoms with van der Waals surface area (Å²) < 4.78 is 0. The summed E-state index contributed by atoms with van der Waals surface area (Å²) in [5.74, 6) is 0.947. The number of thioether (sulfide) groups is 1. The zero-order valence-electron chi connectivity index (χ0n) is 9.34. The topological polar surface area (TPSA) is 24.4 Å². The Morgan fingerprint density at radius 1 is 1.36 bits per heavy atom. The van der Waals surface area contributed by atoms with Gasteiger partial charge < -0.3 is 5.32 Å². The molecule has 1 aliphatic heterocycles. The first kappa shape index (κ1) is 10.3. The highest BCUT2D eigenvalue weighted by atomic mass is 32.2. The van der Waals surface area contributed by atoms with Crippen LogP contribution in [0.15, 0.2) is 4.99 Å². The molecule has 1 saturated carbocycles. The second-order valence-corrected chi connectivity index (χ2v) is 6.60. The fourth-order valence-corrected chi connectivity index (χ4v) is 3.25. The van der Waals surface area contributed by atoms with Crippen molar-refractivity contribution in [3.63, 3.8) is 0 Å². The number of aliphatic imine (C=N–C) groups is 1. The Labute approximate surface area is 90.9 Å². The lowest BCUT2D eigenvalue weighted by molar-refractivity contribution is 0.311. The molecule has 2 nitrogen and oxygen atoms in total. The van der Waals surface area contributed by atoms with Gasteiger partial charge in [0.2, 0.25) is 0 Å². The monoisotopic (exact) mass is 212 g/mol. The van der Waals surface area contributed by atoms with Crippen molar-refractivity contribution >= 4 is 16.9 Å². The summed E-state index contributed by atoms with van der Waals surface area (Å²) in [5, 5.41) is 5.40. The van der Waals surface area contributed by atoms with Gasteiger partial charge in [-0.1, -0.05) is 18.2 Å². The van der Waals surface area contributed by atoms with Crippen molar-refractivity contribution in [2.45, 2.75) is 50.8 Å². The van der Waals surface area contributed by atoms with Crippen LogP contribution >= 0.6 is 11.8 Å². The molecular weight excluding hydrogens is 192 g/mol. The van der Waals surface area contributed by atoms with E-state index in [-0.39, 0.29) is 5.54 Å². The summed E-state index contributed by atoms with van der Waals surface area (Å²) in [6.07, 6.45) is 4.29. The van der Waals surface area contributed by atoms with Gasteiger partial charge in [0.15, 0.2) is 5.17 Å². The van der Waals surface area contributed by atoms with Crippen molar-refractivity contribution in [1.82, 2.24) is 5.32 Å². The molecular formula is C11H20N2S. The molecule has 1 atom stereocenters. The molecule has 1 aliphatic carbocycles. The minimum Gasteiger partial charge on any atom is -0.360 e. The number of hydrogen-bond donors (Lipinski definition) is 1. The van der Waals surface area contributed by atoms with Gasteiger partial charge in [-0.2, -0.15) is 0 Å². The average molecular weight is 212 g/mol. The van der Waals surface area contributed by atoms with Gasteiger partial charge in [-0.05, 0) is 39.5 Å². The molecule has 1 unspecified atom stereocenters. The molecule has 0 spiro atoms. The first-order valence-corrected chi connectivity index (χ1v) is 6.42. The minimum absolute atomic E-state index is 0.153. The molecule has 2 aliphatic rings. The third-order valence-electron chi connectivity index (χ3n) is 2.84. The Balaban J connectivity index is 1.81. The van der Waals surface area contributed by atoms with Crippen LogP contribution in [-0.4, -0.2) is 22.5 Å². The van der Waals surface area contributed by atoms with E-state index in [0.29, 0.717) is 0 Å². The SMILES string of the molecule is CC(C)(C)NC1=NCC(C2CCC2)S1. The van der Waals surface area contributed by atoms with E-state index in [2.05, 4.69) is 31.1 Å². The molecule has 1 N–H and O–H groups in total. The zero-order valence-corrected chi connectivity index (χ0v) is 10.2. The quantitative estimate of drug-likeness (QED) is 0.722. The number of nitrogens with zero attached hydrogens (tertiary/aromatic N) is 1. The molecule has 1 heterocycles. The van der Waals surface area contributed by atoms with Crippen LogP contribution in [0.2, 0.25) is 0 Å². The molecule has 0 saturated heterocycles. The lowest BCUT2D eigenvalue weighted by Crippen LogP contribution is -2.39. The number of nitrogens with one attached hydrogen (secondary N) is 1. The molecule has 14 heavy (non-hydrogen) atoms. The molecule has 1 fully saturated rings. The summed E-state index contributed by atoms with van der Waals surface area (Å²) in [5.41, 5.74) is 0.153. The molecule has 0 aromatic rings. The normalized spacial score (nSPS) is 28.5. The maximum Gasteiger partial charge on any atom is 0.157 e. The third-order valence-corrected chi connectivity index (χ3v) is 4.13. The maximum absolute atomic E-state index is 4.57. The van der Waals surface area contributed by atoms with Crippen LogP contribution in [0.1, 0.15) is 40.0 Å². The molecule has 0 aromatic carbocycles. The highest BCUT2D eigenvalue weighted by molar-refractivity contribution is 8.14. The van der Waals surface area contributed by atoms with Crippen LogP contribution in [0.5, 0.6) is 0 Å². The Hall–Kier alpha value is -0.180. The number of rotatable bonds is 1. The van der Waals surface area contributed by atoms with E-state index in [1.807, 2.05) is 11.8 Å². The standard InChI is InChI=1S/C11H20N2S/c1-11(2,3)13-10-12-7-9(14-10)8-5-4-6-8/h8-9H,4-7H2,1-3H3,(H,12,13). The molecule has 3 heteroatoms. The average Bonchev–Trinajstić information content (AvgIpc) is 2.28. The van der Waals surface area contributed by atoms with Gasteiger partial charge in [0, 0.05) is 10.8 Å². The fraction of sp³-hybridized carbons (Fsp3) is 0.909. The Bertz CT molecular complexity index is 238. The molecule has 0 aromatic heterocycles. The van der Waals surface area contributed by atoms with E-state index in [1.165, 1.54) is 19.3 Å². The van der Waals surface area contributed by atoms with Crippen molar-refractivity contribution < 1.29 is 0 Å². The van der Waals surface area contributed by atoms with Crippen molar-refractivity contribution in [1.29, 1.82) is 0 Å². The smallest absolute Gasteiger partial charge is 0.157 e. The van der Waals surface area contributed by atoms with Gasteiger partial charge >= 0.3 is 0 Å². The van der Waals surface area contributed by atoms with E-state index in [0.717, 1.165) is 22.9 Å². The lowest BCUT2D eigenvalue weighted by Gasteiger charge is -2.30. The van der Waals surface area contributed by atoms with Crippen LogP contribution in [0.3, 0.4) is 0 Å². The van der Waals surface area contributed by atoms with Crippen molar-refractivity contribution in [2.75, 3.05) is 6.54 Å². The van der Waals surface area contributed by atoms with Crippen LogP contribution in [0, 0.1) is 5.92 Å². The predicted octanol–water partition coefficient (Wildman–Crippen LogP) is 2.65. The van der Waals surface area contributed by atoms with Gasteiger partial charge in [-0.25, -0.2) is 0 Å². The highest BCUT2D eigenvalue weighted by Gasteiger charge is 2.32. The predicted molar refractivity (Wildman–Crippen MR) is 63.9 cm³/mol. The number of amidine groups is 1. The summed E-state index contributed by atoms with van der Waals surface area (Å²) in [7, 11) is 0. The number of hydrogen-bond acceptors (Lipinski definition) is 3. The van der Waals surface area contributed by atoms with E-state index >= 15 is 0 Å².